The van der Waals surface area contributed by atoms with E-state index in [1.807, 2.05) is 30.5 Å². The van der Waals surface area contributed by atoms with Crippen LogP contribution in [0.1, 0.15) is 35.7 Å². The number of aromatic amines is 1. The van der Waals surface area contributed by atoms with Crippen molar-refractivity contribution in [1.82, 2.24) is 15.8 Å². The highest BCUT2D eigenvalue weighted by Gasteiger charge is 2.18. The van der Waals surface area contributed by atoms with Crippen molar-refractivity contribution in [3.8, 4) is 0 Å². The fraction of sp³-hybridized carbons (Fsp3) is 0.227. The molecule has 3 rings (SSSR count). The summed E-state index contributed by atoms with van der Waals surface area (Å²) in [5.41, 5.74) is 7.18. The molecule has 0 radical (unpaired) electrons. The number of ether oxygens (including phenoxy) is 1. The van der Waals surface area contributed by atoms with Crippen LogP contribution >= 0.6 is 0 Å². The first kappa shape index (κ1) is 20.1. The minimum absolute atomic E-state index is 0.202. The van der Waals surface area contributed by atoms with Gasteiger partial charge < -0.3 is 9.72 Å². The summed E-state index contributed by atoms with van der Waals surface area (Å²) in [6, 6.07) is 16.5. The molecule has 0 aliphatic heterocycles. The fourth-order valence-electron chi connectivity index (χ4n) is 2.95. The molecule has 1 heterocycles. The van der Waals surface area contributed by atoms with Crippen molar-refractivity contribution in [1.29, 1.82) is 0 Å². The minimum atomic E-state index is -1.01. The molecule has 0 unspecified atom stereocenters. The molecule has 7 nitrogen and oxygen atoms in total. The summed E-state index contributed by atoms with van der Waals surface area (Å²) in [7, 11) is 0. The van der Waals surface area contributed by atoms with Gasteiger partial charge in [0.15, 0.2) is 6.10 Å². The topological polar surface area (TPSA) is 100 Å². The number of aryl methyl sites for hydroxylation is 1. The molecule has 1 atom stereocenters. The summed E-state index contributed by atoms with van der Waals surface area (Å²) < 4.78 is 5.15. The van der Waals surface area contributed by atoms with E-state index < -0.39 is 23.9 Å². The molecule has 150 valence electrons. The maximum Gasteiger partial charge on any atom is 0.306 e. The van der Waals surface area contributed by atoms with Gasteiger partial charge in [0.2, 0.25) is 0 Å². The van der Waals surface area contributed by atoms with Crippen LogP contribution in [-0.2, 0) is 20.7 Å². The van der Waals surface area contributed by atoms with Crippen molar-refractivity contribution < 1.29 is 19.1 Å². The van der Waals surface area contributed by atoms with Crippen molar-refractivity contribution in [3.63, 3.8) is 0 Å². The number of amides is 2. The molecule has 0 fully saturated rings. The summed E-state index contributed by atoms with van der Waals surface area (Å²) >= 11 is 0. The molecule has 0 bridgehead atoms. The largest absolute Gasteiger partial charge is 0.452 e. The third kappa shape index (κ3) is 5.44. The summed E-state index contributed by atoms with van der Waals surface area (Å²) in [5.74, 6) is -1.50. The van der Waals surface area contributed by atoms with Gasteiger partial charge in [-0.3, -0.25) is 25.2 Å². The highest BCUT2D eigenvalue weighted by atomic mass is 16.5. The summed E-state index contributed by atoms with van der Waals surface area (Å²) in [5, 5.41) is 1.14. The fourth-order valence-corrected chi connectivity index (χ4v) is 2.95. The number of benzene rings is 2. The second-order valence-electron chi connectivity index (χ2n) is 6.65. The Morgan fingerprint density at radius 1 is 1.00 bits per heavy atom. The van der Waals surface area contributed by atoms with E-state index in [0.29, 0.717) is 12.0 Å². The van der Waals surface area contributed by atoms with E-state index in [1.165, 1.54) is 6.92 Å². The number of hydrogen-bond acceptors (Lipinski definition) is 4. The first-order chi connectivity index (χ1) is 14.0. The highest BCUT2D eigenvalue weighted by molar-refractivity contribution is 5.95. The Kier molecular flexibility index (Phi) is 6.63. The van der Waals surface area contributed by atoms with Crippen LogP contribution in [0.4, 0.5) is 0 Å². The molecule has 2 aromatic carbocycles. The number of H-pyrrole nitrogens is 1. The molecule has 0 aliphatic rings. The van der Waals surface area contributed by atoms with E-state index in [2.05, 4.69) is 15.8 Å². The first-order valence-corrected chi connectivity index (χ1v) is 9.44. The number of hydrazine groups is 1. The van der Waals surface area contributed by atoms with Crippen LogP contribution in [-0.4, -0.2) is 28.9 Å². The molecule has 3 aromatic rings. The normalized spacial score (nSPS) is 11.6. The zero-order valence-corrected chi connectivity index (χ0v) is 16.1. The lowest BCUT2D eigenvalue weighted by atomic mass is 10.1. The number of carbonyl (C=O) groups is 3. The number of aromatic nitrogens is 1. The van der Waals surface area contributed by atoms with E-state index in [1.54, 1.807) is 30.3 Å². The summed E-state index contributed by atoms with van der Waals surface area (Å²) in [4.78, 5) is 39.1. The van der Waals surface area contributed by atoms with E-state index in [-0.39, 0.29) is 6.42 Å². The number of fused-ring (bicyclic) bond motifs is 1. The number of nitrogens with one attached hydrogen (secondary N) is 3. The van der Waals surface area contributed by atoms with E-state index in [0.717, 1.165) is 22.9 Å². The van der Waals surface area contributed by atoms with Crippen molar-refractivity contribution in [2.24, 2.45) is 0 Å². The lowest BCUT2D eigenvalue weighted by molar-refractivity contribution is -0.155. The van der Waals surface area contributed by atoms with Crippen LogP contribution in [0.3, 0.4) is 0 Å². The molecule has 29 heavy (non-hydrogen) atoms. The van der Waals surface area contributed by atoms with Gasteiger partial charge in [0, 0.05) is 29.1 Å². The molecule has 0 saturated heterocycles. The maximum atomic E-state index is 12.0. The molecule has 2 amide bonds. The Labute approximate surface area is 168 Å². The van der Waals surface area contributed by atoms with Crippen LogP contribution in [0.5, 0.6) is 0 Å². The molecule has 1 aromatic heterocycles. The predicted molar refractivity (Wildman–Crippen MR) is 109 cm³/mol. The Morgan fingerprint density at radius 3 is 2.52 bits per heavy atom. The predicted octanol–water partition coefficient (Wildman–Crippen LogP) is 2.88. The van der Waals surface area contributed by atoms with Gasteiger partial charge in [-0.2, -0.15) is 0 Å². The quantitative estimate of drug-likeness (QED) is 0.424. The average molecular weight is 393 g/mol. The van der Waals surface area contributed by atoms with Crippen LogP contribution in [0.2, 0.25) is 0 Å². The molecular weight excluding hydrogens is 370 g/mol. The standard InChI is InChI=1S/C22H23N3O4/c1-15(21(27)24-25-22(28)16-8-3-2-4-9-16)29-20(26)13-7-10-17-14-23-19-12-6-5-11-18(17)19/h2-6,8-9,11-12,14-15,23H,7,10,13H2,1H3,(H,24,27)(H,25,28)/t15-/m0/s1. The van der Waals surface area contributed by atoms with Gasteiger partial charge in [-0.25, -0.2) is 0 Å². The first-order valence-electron chi connectivity index (χ1n) is 9.44. The molecule has 0 saturated carbocycles. The average Bonchev–Trinajstić information content (AvgIpc) is 3.15. The minimum Gasteiger partial charge on any atom is -0.452 e. The van der Waals surface area contributed by atoms with Crippen molar-refractivity contribution >= 4 is 28.7 Å². The SMILES string of the molecule is C[C@H](OC(=O)CCCc1c[nH]c2ccccc12)C(=O)NNC(=O)c1ccccc1. The van der Waals surface area contributed by atoms with E-state index in [9.17, 15) is 14.4 Å². The van der Waals surface area contributed by atoms with Gasteiger partial charge in [0.1, 0.15) is 0 Å². The Bertz CT molecular complexity index is 997. The number of para-hydroxylation sites is 1. The number of hydrogen-bond donors (Lipinski definition) is 3. The molecule has 0 aliphatic carbocycles. The van der Waals surface area contributed by atoms with Gasteiger partial charge in [0.05, 0.1) is 0 Å². The number of rotatable bonds is 7. The lowest BCUT2D eigenvalue weighted by Gasteiger charge is -2.14. The zero-order chi connectivity index (χ0) is 20.6. The van der Waals surface area contributed by atoms with Gasteiger partial charge in [-0.1, -0.05) is 36.4 Å². The van der Waals surface area contributed by atoms with Crippen molar-refractivity contribution in [2.45, 2.75) is 32.3 Å². The van der Waals surface area contributed by atoms with Gasteiger partial charge in [0.25, 0.3) is 11.8 Å². The third-order valence-electron chi connectivity index (χ3n) is 4.51. The van der Waals surface area contributed by atoms with Crippen LogP contribution in [0.25, 0.3) is 10.9 Å². The molecule has 0 spiro atoms. The van der Waals surface area contributed by atoms with E-state index in [4.69, 9.17) is 4.74 Å². The van der Waals surface area contributed by atoms with Gasteiger partial charge >= 0.3 is 5.97 Å². The number of esters is 1. The Morgan fingerprint density at radius 2 is 1.72 bits per heavy atom. The van der Waals surface area contributed by atoms with Crippen LogP contribution in [0, 0.1) is 0 Å². The maximum absolute atomic E-state index is 12.0. The molecular formula is C22H23N3O4. The van der Waals surface area contributed by atoms with Gasteiger partial charge in [-0.15, -0.1) is 0 Å². The second kappa shape index (κ2) is 9.54. The Balaban J connectivity index is 1.39. The number of carbonyl (C=O) groups excluding carboxylic acids is 3. The van der Waals surface area contributed by atoms with Crippen LogP contribution in [0.15, 0.2) is 60.8 Å². The van der Waals surface area contributed by atoms with E-state index >= 15 is 0 Å². The van der Waals surface area contributed by atoms with Crippen molar-refractivity contribution in [3.05, 3.63) is 71.9 Å². The van der Waals surface area contributed by atoms with Crippen molar-refractivity contribution in [2.75, 3.05) is 0 Å². The van der Waals surface area contributed by atoms with Crippen LogP contribution < -0.4 is 10.9 Å². The Hall–Kier alpha value is -3.61. The monoisotopic (exact) mass is 393 g/mol. The lowest BCUT2D eigenvalue weighted by Crippen LogP contribution is -2.46. The summed E-state index contributed by atoms with van der Waals surface area (Å²) in [6.45, 7) is 1.46. The zero-order valence-electron chi connectivity index (χ0n) is 16.1. The third-order valence-corrected chi connectivity index (χ3v) is 4.51. The summed E-state index contributed by atoms with van der Waals surface area (Å²) in [6.07, 6.45) is 2.48. The smallest absolute Gasteiger partial charge is 0.306 e. The second-order valence-corrected chi connectivity index (χ2v) is 6.65. The molecule has 3 N–H and O–H groups in total. The van der Waals surface area contributed by atoms with Gasteiger partial charge in [-0.05, 0) is 43.5 Å². The molecule has 7 heteroatoms. The highest BCUT2D eigenvalue weighted by Crippen LogP contribution is 2.19.